The Morgan fingerprint density at radius 2 is 2.12 bits per heavy atom. The average molecular weight is 382 g/mol. The molecule has 8 heteroatoms. The van der Waals surface area contributed by atoms with Crippen LogP contribution in [-0.4, -0.2) is 20.4 Å². The summed E-state index contributed by atoms with van der Waals surface area (Å²) >= 11 is 3.00. The van der Waals surface area contributed by atoms with E-state index >= 15 is 0 Å². The Kier molecular flexibility index (Phi) is 4.36. The van der Waals surface area contributed by atoms with Gasteiger partial charge in [-0.25, -0.2) is 9.97 Å². The molecule has 0 atom stereocenters. The molecule has 0 saturated heterocycles. The van der Waals surface area contributed by atoms with Crippen LogP contribution in [-0.2, 0) is 11.3 Å². The van der Waals surface area contributed by atoms with Crippen LogP contribution >= 0.6 is 22.7 Å². The highest BCUT2D eigenvalue weighted by atomic mass is 32.1. The molecule has 0 aliphatic rings. The van der Waals surface area contributed by atoms with Gasteiger partial charge in [-0.15, -0.1) is 22.7 Å². The number of hydrogen-bond donors (Lipinski definition) is 1. The van der Waals surface area contributed by atoms with Crippen molar-refractivity contribution in [3.8, 4) is 10.4 Å². The number of anilines is 1. The van der Waals surface area contributed by atoms with E-state index in [0.717, 1.165) is 16.0 Å². The summed E-state index contributed by atoms with van der Waals surface area (Å²) in [5.74, 6) is 0.134. The molecule has 0 aliphatic heterocycles. The van der Waals surface area contributed by atoms with Crippen LogP contribution in [0.2, 0.25) is 0 Å². The molecule has 1 amide bonds. The number of hydrogen-bond acceptors (Lipinski definition) is 6. The number of nitrogens with one attached hydrogen (secondary N) is 1. The van der Waals surface area contributed by atoms with Crippen molar-refractivity contribution in [1.82, 2.24) is 14.5 Å². The van der Waals surface area contributed by atoms with Crippen LogP contribution in [0.1, 0.15) is 5.56 Å². The van der Waals surface area contributed by atoms with Crippen molar-refractivity contribution in [2.45, 2.75) is 13.5 Å². The predicted molar refractivity (Wildman–Crippen MR) is 105 cm³/mol. The van der Waals surface area contributed by atoms with Crippen LogP contribution in [0.4, 0.5) is 5.82 Å². The highest BCUT2D eigenvalue weighted by Crippen LogP contribution is 2.33. The van der Waals surface area contributed by atoms with E-state index in [2.05, 4.69) is 15.3 Å². The molecule has 0 saturated carbocycles. The quantitative estimate of drug-likeness (QED) is 0.586. The molecular formula is C18H14N4O2S2. The fraction of sp³-hybridized carbons (Fsp3) is 0.111. The second-order valence-electron chi connectivity index (χ2n) is 5.75. The van der Waals surface area contributed by atoms with Crippen molar-refractivity contribution in [2.75, 3.05) is 5.32 Å². The second kappa shape index (κ2) is 6.81. The zero-order valence-corrected chi connectivity index (χ0v) is 15.4. The van der Waals surface area contributed by atoms with Gasteiger partial charge in [-0.2, -0.15) is 0 Å². The third-order valence-electron chi connectivity index (χ3n) is 3.84. The Morgan fingerprint density at radius 3 is 2.85 bits per heavy atom. The molecule has 0 unspecified atom stereocenters. The summed E-state index contributed by atoms with van der Waals surface area (Å²) in [4.78, 5) is 35.3. The fourth-order valence-corrected chi connectivity index (χ4v) is 4.29. The smallest absolute Gasteiger partial charge is 0.263 e. The Morgan fingerprint density at radius 1 is 1.23 bits per heavy atom. The summed E-state index contributed by atoms with van der Waals surface area (Å²) < 4.78 is 1.33. The van der Waals surface area contributed by atoms with E-state index in [0.29, 0.717) is 16.0 Å². The molecule has 0 spiro atoms. The van der Waals surface area contributed by atoms with Crippen LogP contribution in [0.25, 0.3) is 20.7 Å². The number of amides is 1. The molecule has 0 fully saturated rings. The van der Waals surface area contributed by atoms with Crippen molar-refractivity contribution in [1.29, 1.82) is 0 Å². The van der Waals surface area contributed by atoms with Gasteiger partial charge in [0.15, 0.2) is 0 Å². The average Bonchev–Trinajstić information content (AvgIpc) is 3.29. The molecule has 0 aromatic carbocycles. The highest BCUT2D eigenvalue weighted by Gasteiger charge is 2.15. The van der Waals surface area contributed by atoms with Gasteiger partial charge in [-0.3, -0.25) is 14.2 Å². The summed E-state index contributed by atoms with van der Waals surface area (Å²) in [6.45, 7) is 1.81. The first-order chi connectivity index (χ1) is 12.6. The number of carbonyl (C=O) groups excluding carboxylic acids is 1. The zero-order chi connectivity index (χ0) is 18.1. The molecule has 1 N–H and O–H groups in total. The van der Waals surface area contributed by atoms with Crippen molar-refractivity contribution >= 4 is 44.6 Å². The maximum atomic E-state index is 12.9. The molecule has 0 aliphatic carbocycles. The van der Waals surface area contributed by atoms with Gasteiger partial charge in [-0.1, -0.05) is 12.1 Å². The van der Waals surface area contributed by atoms with Gasteiger partial charge in [-0.05, 0) is 30.0 Å². The van der Waals surface area contributed by atoms with E-state index in [1.165, 1.54) is 22.2 Å². The number of nitrogens with zero attached hydrogens (tertiary/aromatic N) is 3. The number of thiophene rings is 2. The molecule has 0 radical (unpaired) electrons. The molecule has 4 heterocycles. The summed E-state index contributed by atoms with van der Waals surface area (Å²) in [7, 11) is 0. The van der Waals surface area contributed by atoms with Gasteiger partial charge < -0.3 is 5.32 Å². The first-order valence-electron chi connectivity index (χ1n) is 7.85. The number of fused-ring (bicyclic) bond motifs is 1. The van der Waals surface area contributed by atoms with Crippen molar-refractivity contribution in [2.24, 2.45) is 0 Å². The van der Waals surface area contributed by atoms with Gasteiger partial charge in [0.25, 0.3) is 5.56 Å². The van der Waals surface area contributed by atoms with Gasteiger partial charge in [0, 0.05) is 22.0 Å². The van der Waals surface area contributed by atoms with Gasteiger partial charge in [0.05, 0.1) is 11.7 Å². The SMILES string of the molecule is Cc1ccc(NC(=O)Cn2cnc3scc(-c4cccs4)c3c2=O)nc1. The molecule has 26 heavy (non-hydrogen) atoms. The van der Waals surface area contributed by atoms with Gasteiger partial charge >= 0.3 is 0 Å². The molecule has 4 rings (SSSR count). The lowest BCUT2D eigenvalue weighted by molar-refractivity contribution is -0.116. The lowest BCUT2D eigenvalue weighted by Gasteiger charge is -2.07. The molecule has 4 aromatic rings. The first-order valence-corrected chi connectivity index (χ1v) is 9.61. The third-order valence-corrected chi connectivity index (χ3v) is 5.63. The topological polar surface area (TPSA) is 76.9 Å². The van der Waals surface area contributed by atoms with Crippen LogP contribution in [0.15, 0.2) is 52.3 Å². The van der Waals surface area contributed by atoms with Crippen LogP contribution in [0.3, 0.4) is 0 Å². The van der Waals surface area contributed by atoms with Crippen LogP contribution < -0.4 is 10.9 Å². The van der Waals surface area contributed by atoms with E-state index < -0.39 is 0 Å². The molecule has 130 valence electrons. The summed E-state index contributed by atoms with van der Waals surface area (Å²) in [6, 6.07) is 7.51. The van der Waals surface area contributed by atoms with Crippen LogP contribution in [0, 0.1) is 6.92 Å². The number of rotatable bonds is 4. The zero-order valence-electron chi connectivity index (χ0n) is 13.8. The Hall–Kier alpha value is -2.84. The first kappa shape index (κ1) is 16.6. The molecule has 4 aromatic heterocycles. The van der Waals surface area contributed by atoms with Gasteiger partial charge in [0.1, 0.15) is 17.2 Å². The molecule has 6 nitrogen and oxygen atoms in total. The predicted octanol–water partition coefficient (Wildman–Crippen LogP) is 3.53. The normalized spacial score (nSPS) is 11.0. The minimum Gasteiger partial charge on any atom is -0.309 e. The second-order valence-corrected chi connectivity index (χ2v) is 7.56. The largest absolute Gasteiger partial charge is 0.309 e. The summed E-state index contributed by atoms with van der Waals surface area (Å²) in [6.07, 6.45) is 3.09. The fourth-order valence-electron chi connectivity index (χ4n) is 2.57. The number of aromatic nitrogens is 3. The maximum absolute atomic E-state index is 12.9. The molecular weight excluding hydrogens is 368 g/mol. The lowest BCUT2D eigenvalue weighted by Crippen LogP contribution is -2.28. The van der Waals surface area contributed by atoms with Crippen LogP contribution in [0.5, 0.6) is 0 Å². The van der Waals surface area contributed by atoms with E-state index in [-0.39, 0.29) is 18.0 Å². The minimum absolute atomic E-state index is 0.114. The number of carbonyl (C=O) groups is 1. The maximum Gasteiger partial charge on any atom is 0.263 e. The van der Waals surface area contributed by atoms with Crippen molar-refractivity contribution < 1.29 is 4.79 Å². The molecule has 0 bridgehead atoms. The third kappa shape index (κ3) is 3.16. The summed E-state index contributed by atoms with van der Waals surface area (Å²) in [5.41, 5.74) is 1.66. The Bertz CT molecular complexity index is 1130. The lowest BCUT2D eigenvalue weighted by atomic mass is 10.2. The van der Waals surface area contributed by atoms with E-state index in [1.807, 2.05) is 35.9 Å². The van der Waals surface area contributed by atoms with Crippen molar-refractivity contribution in [3.05, 3.63) is 63.5 Å². The van der Waals surface area contributed by atoms with E-state index in [9.17, 15) is 9.59 Å². The van der Waals surface area contributed by atoms with E-state index in [1.54, 1.807) is 23.6 Å². The number of aryl methyl sites for hydroxylation is 1. The standard InChI is InChI=1S/C18H14N4O2S2/c1-11-4-5-14(19-7-11)21-15(23)8-22-10-20-17-16(18(22)24)12(9-26-17)13-3-2-6-25-13/h2-7,9-10H,8H2,1H3,(H,19,21,23). The minimum atomic E-state index is -0.322. The van der Waals surface area contributed by atoms with Gasteiger partial charge in [0.2, 0.25) is 5.91 Å². The monoisotopic (exact) mass is 382 g/mol. The Balaban J connectivity index is 1.63. The summed E-state index contributed by atoms with van der Waals surface area (Å²) in [5, 5.41) is 7.16. The Labute approximate surface area is 156 Å². The highest BCUT2D eigenvalue weighted by molar-refractivity contribution is 7.18. The number of pyridine rings is 1. The van der Waals surface area contributed by atoms with Crippen molar-refractivity contribution in [3.63, 3.8) is 0 Å². The van der Waals surface area contributed by atoms with E-state index in [4.69, 9.17) is 0 Å².